The highest BCUT2D eigenvalue weighted by Gasteiger charge is 2.20. The lowest BCUT2D eigenvalue weighted by atomic mass is 10.1. The first kappa shape index (κ1) is 15.3. The van der Waals surface area contributed by atoms with Gasteiger partial charge in [0.1, 0.15) is 5.58 Å². The van der Waals surface area contributed by atoms with Gasteiger partial charge in [0.05, 0.1) is 0 Å². The molecular weight excluding hydrogens is 344 g/mol. The number of hydrogen-bond acceptors (Lipinski definition) is 7. The second-order valence-electron chi connectivity index (χ2n) is 5.40. The Morgan fingerprint density at radius 1 is 1.40 bits per heavy atom. The topological polar surface area (TPSA) is 110 Å². The van der Waals surface area contributed by atoms with E-state index in [0.29, 0.717) is 26.9 Å². The van der Waals surface area contributed by atoms with Crippen molar-refractivity contribution in [2.24, 2.45) is 0 Å². The summed E-state index contributed by atoms with van der Waals surface area (Å²) in [6, 6.07) is 8.52. The van der Waals surface area contributed by atoms with Crippen molar-refractivity contribution in [3.63, 3.8) is 0 Å². The van der Waals surface area contributed by atoms with Crippen LogP contribution in [0, 0.1) is 6.92 Å². The highest BCUT2D eigenvalue weighted by molar-refractivity contribution is 7.20. The largest absolute Gasteiger partial charge is 0.475 e. The number of nitrogens with zero attached hydrogens (tertiary/aromatic N) is 3. The van der Waals surface area contributed by atoms with E-state index in [2.05, 4.69) is 15.4 Å². The third kappa shape index (κ3) is 2.64. The molecule has 0 radical (unpaired) electrons. The van der Waals surface area contributed by atoms with E-state index in [1.807, 2.05) is 6.07 Å². The van der Waals surface area contributed by atoms with Crippen molar-refractivity contribution >= 4 is 38.4 Å². The van der Waals surface area contributed by atoms with Gasteiger partial charge in [0, 0.05) is 29.3 Å². The van der Waals surface area contributed by atoms with Crippen LogP contribution in [0.15, 0.2) is 39.5 Å². The van der Waals surface area contributed by atoms with Crippen molar-refractivity contribution in [3.05, 3.63) is 57.7 Å². The molecule has 25 heavy (non-hydrogen) atoms. The number of para-hydroxylation sites is 1. The first-order chi connectivity index (χ1) is 12.0. The summed E-state index contributed by atoms with van der Waals surface area (Å²) in [6.45, 7) is 1.94. The maximum Gasteiger partial charge on any atom is 0.372 e. The summed E-state index contributed by atoms with van der Waals surface area (Å²) in [7, 11) is 0. The third-order valence-electron chi connectivity index (χ3n) is 3.68. The molecule has 0 bridgehead atoms. The standard InChI is InChI=1S/C16H12N4O4S/c1-8-6-12(21)20-16(18-8)25-15(19-20)17-7-10-9-4-2-3-5-11(9)24-13(10)14(22)23/h2-6H,7H2,1H3,(H,17,19)(H,22,23). The third-order valence-corrected chi connectivity index (χ3v) is 4.55. The van der Waals surface area contributed by atoms with Gasteiger partial charge in [0.2, 0.25) is 15.9 Å². The second-order valence-corrected chi connectivity index (χ2v) is 6.36. The van der Waals surface area contributed by atoms with Gasteiger partial charge in [-0.1, -0.05) is 29.5 Å². The molecule has 0 fully saturated rings. The number of carboxylic acid groups (broad SMARTS) is 1. The average molecular weight is 356 g/mol. The number of nitrogens with one attached hydrogen (secondary N) is 1. The van der Waals surface area contributed by atoms with E-state index in [4.69, 9.17) is 4.42 Å². The van der Waals surface area contributed by atoms with Gasteiger partial charge in [0.25, 0.3) is 5.56 Å². The minimum Gasteiger partial charge on any atom is -0.475 e. The van der Waals surface area contributed by atoms with Crippen LogP contribution in [0.25, 0.3) is 15.9 Å². The molecular formula is C16H12N4O4S. The molecule has 0 atom stereocenters. The monoisotopic (exact) mass is 356 g/mol. The normalized spacial score (nSPS) is 11.2. The summed E-state index contributed by atoms with van der Waals surface area (Å²) in [5, 5.41) is 17.8. The number of anilines is 1. The number of hydrogen-bond donors (Lipinski definition) is 2. The van der Waals surface area contributed by atoms with E-state index >= 15 is 0 Å². The Bertz CT molecular complexity index is 1170. The molecule has 2 N–H and O–H groups in total. The number of aryl methyl sites for hydroxylation is 1. The zero-order chi connectivity index (χ0) is 17.6. The summed E-state index contributed by atoms with van der Waals surface area (Å²) in [6.07, 6.45) is 0. The molecule has 8 nitrogen and oxygen atoms in total. The van der Waals surface area contributed by atoms with Gasteiger partial charge < -0.3 is 14.8 Å². The Balaban J connectivity index is 1.71. The lowest BCUT2D eigenvalue weighted by Crippen LogP contribution is -2.14. The van der Waals surface area contributed by atoms with E-state index < -0.39 is 5.97 Å². The molecule has 3 heterocycles. The zero-order valence-corrected chi connectivity index (χ0v) is 13.8. The van der Waals surface area contributed by atoms with Gasteiger partial charge >= 0.3 is 5.97 Å². The predicted molar refractivity (Wildman–Crippen MR) is 92.4 cm³/mol. The van der Waals surface area contributed by atoms with Gasteiger partial charge in [-0.2, -0.15) is 4.52 Å². The molecule has 4 rings (SSSR count). The number of aromatic nitrogens is 3. The lowest BCUT2D eigenvalue weighted by molar-refractivity contribution is 0.0663. The lowest BCUT2D eigenvalue weighted by Gasteiger charge is -2.01. The predicted octanol–water partition coefficient (Wildman–Crippen LogP) is 2.52. The van der Waals surface area contributed by atoms with Gasteiger partial charge in [-0.3, -0.25) is 4.79 Å². The van der Waals surface area contributed by atoms with Crippen LogP contribution in [0.5, 0.6) is 0 Å². The molecule has 4 aromatic rings. The van der Waals surface area contributed by atoms with Crippen LogP contribution in [0.4, 0.5) is 5.13 Å². The Hall–Kier alpha value is -3.20. The van der Waals surface area contributed by atoms with E-state index in [1.54, 1.807) is 25.1 Å². The molecule has 3 aromatic heterocycles. The van der Waals surface area contributed by atoms with Crippen molar-refractivity contribution < 1.29 is 14.3 Å². The Kier molecular flexibility index (Phi) is 3.50. The van der Waals surface area contributed by atoms with E-state index in [-0.39, 0.29) is 17.9 Å². The van der Waals surface area contributed by atoms with Crippen LogP contribution >= 0.6 is 11.3 Å². The second kappa shape index (κ2) is 5.71. The summed E-state index contributed by atoms with van der Waals surface area (Å²) in [5.74, 6) is -1.24. The van der Waals surface area contributed by atoms with Gasteiger partial charge in [-0.05, 0) is 13.0 Å². The Morgan fingerprint density at radius 2 is 2.20 bits per heavy atom. The minimum atomic E-state index is -1.13. The summed E-state index contributed by atoms with van der Waals surface area (Å²) in [4.78, 5) is 28.1. The van der Waals surface area contributed by atoms with Crippen molar-refractivity contribution in [1.29, 1.82) is 0 Å². The van der Waals surface area contributed by atoms with E-state index in [9.17, 15) is 14.7 Å². The number of aromatic carboxylic acids is 1. The minimum absolute atomic E-state index is 0.110. The molecule has 0 saturated heterocycles. The van der Waals surface area contributed by atoms with Crippen LogP contribution in [-0.2, 0) is 6.54 Å². The molecule has 0 saturated carbocycles. The first-order valence-electron chi connectivity index (χ1n) is 7.38. The Labute approximate surface area is 144 Å². The highest BCUT2D eigenvalue weighted by atomic mass is 32.1. The van der Waals surface area contributed by atoms with Crippen LogP contribution < -0.4 is 10.9 Å². The molecule has 0 aliphatic rings. The molecule has 9 heteroatoms. The van der Waals surface area contributed by atoms with E-state index in [1.165, 1.54) is 21.9 Å². The molecule has 0 spiro atoms. The highest BCUT2D eigenvalue weighted by Crippen LogP contribution is 2.27. The molecule has 0 aliphatic heterocycles. The van der Waals surface area contributed by atoms with Crippen LogP contribution in [0.2, 0.25) is 0 Å². The van der Waals surface area contributed by atoms with Gasteiger partial charge in [-0.25, -0.2) is 9.78 Å². The summed E-state index contributed by atoms with van der Waals surface area (Å²) in [5.41, 5.74) is 1.40. The number of carboxylic acids is 1. The van der Waals surface area contributed by atoms with Crippen LogP contribution in [0.3, 0.4) is 0 Å². The maximum atomic E-state index is 11.9. The molecule has 0 aliphatic carbocycles. The van der Waals surface area contributed by atoms with Gasteiger partial charge in [0.15, 0.2) is 0 Å². The average Bonchev–Trinajstić information content (AvgIpc) is 3.14. The fourth-order valence-corrected chi connectivity index (χ4v) is 3.45. The molecule has 1 aromatic carbocycles. The van der Waals surface area contributed by atoms with Crippen molar-refractivity contribution in [3.8, 4) is 0 Å². The number of rotatable bonds is 4. The molecule has 126 valence electrons. The van der Waals surface area contributed by atoms with Crippen molar-refractivity contribution in [2.75, 3.05) is 5.32 Å². The quantitative estimate of drug-likeness (QED) is 0.578. The zero-order valence-electron chi connectivity index (χ0n) is 13.0. The fourth-order valence-electron chi connectivity index (χ4n) is 2.60. The van der Waals surface area contributed by atoms with Crippen molar-refractivity contribution in [1.82, 2.24) is 14.6 Å². The molecule has 0 unspecified atom stereocenters. The summed E-state index contributed by atoms with van der Waals surface area (Å²) < 4.78 is 6.63. The first-order valence-corrected chi connectivity index (χ1v) is 8.19. The SMILES string of the molecule is Cc1cc(=O)n2nc(NCc3c(C(=O)O)oc4ccccc34)sc2n1. The number of furan rings is 1. The van der Waals surface area contributed by atoms with Crippen molar-refractivity contribution in [2.45, 2.75) is 13.5 Å². The number of fused-ring (bicyclic) bond motifs is 2. The van der Waals surface area contributed by atoms with Gasteiger partial charge in [-0.15, -0.1) is 5.10 Å². The maximum absolute atomic E-state index is 11.9. The number of carbonyl (C=O) groups is 1. The summed E-state index contributed by atoms with van der Waals surface area (Å²) >= 11 is 1.22. The van der Waals surface area contributed by atoms with Crippen LogP contribution in [-0.4, -0.2) is 25.7 Å². The molecule has 0 amide bonds. The Morgan fingerprint density at radius 3 is 3.00 bits per heavy atom. The fraction of sp³-hybridized carbons (Fsp3) is 0.125. The smallest absolute Gasteiger partial charge is 0.372 e. The van der Waals surface area contributed by atoms with Crippen LogP contribution in [0.1, 0.15) is 21.8 Å². The number of benzene rings is 1. The van der Waals surface area contributed by atoms with E-state index in [0.717, 1.165) is 5.39 Å².